The van der Waals surface area contributed by atoms with Crippen LogP contribution in [-0.2, 0) is 4.79 Å². The third-order valence-corrected chi connectivity index (χ3v) is 4.09. The zero-order valence-electron chi connectivity index (χ0n) is 14.7. The summed E-state index contributed by atoms with van der Waals surface area (Å²) in [5, 5.41) is 3.06. The van der Waals surface area contributed by atoms with Crippen molar-refractivity contribution >= 4 is 16.9 Å². The third-order valence-electron chi connectivity index (χ3n) is 4.09. The lowest BCUT2D eigenvalue weighted by molar-refractivity contribution is -0.128. The number of amides is 1. The summed E-state index contributed by atoms with van der Waals surface area (Å²) in [4.78, 5) is 20.5. The molecular weight excluding hydrogens is 314 g/mol. The van der Waals surface area contributed by atoms with Gasteiger partial charge in [0.25, 0.3) is 5.91 Å². The largest absolute Gasteiger partial charge is 0.481 e. The van der Waals surface area contributed by atoms with Crippen LogP contribution in [-0.4, -0.2) is 22.0 Å². The molecule has 2 atom stereocenters. The second kappa shape index (κ2) is 7.38. The van der Waals surface area contributed by atoms with Crippen molar-refractivity contribution in [2.75, 3.05) is 0 Å². The molecule has 0 unspecified atom stereocenters. The molecule has 2 N–H and O–H groups in total. The van der Waals surface area contributed by atoms with E-state index in [2.05, 4.69) is 29.1 Å². The minimum Gasteiger partial charge on any atom is -0.481 e. The molecule has 0 aliphatic heterocycles. The zero-order chi connectivity index (χ0) is 17.8. The first-order chi connectivity index (χ1) is 12.0. The molecule has 0 spiro atoms. The number of ether oxygens (including phenoxy) is 1. The van der Waals surface area contributed by atoms with Crippen molar-refractivity contribution in [1.29, 1.82) is 0 Å². The van der Waals surface area contributed by atoms with Gasteiger partial charge >= 0.3 is 0 Å². The highest BCUT2D eigenvalue weighted by atomic mass is 16.5. The second-order valence-electron chi connectivity index (χ2n) is 6.44. The SMILES string of the molecule is CC(C)[C@@H](NC(=O)[C@@H](C)Oc1ccccc1)c1nc2ccccc2[nH]1. The van der Waals surface area contributed by atoms with Crippen molar-refractivity contribution in [2.24, 2.45) is 5.92 Å². The normalized spacial score (nSPS) is 13.6. The van der Waals surface area contributed by atoms with Gasteiger partial charge < -0.3 is 15.0 Å². The smallest absolute Gasteiger partial charge is 0.261 e. The topological polar surface area (TPSA) is 67.0 Å². The second-order valence-corrected chi connectivity index (χ2v) is 6.44. The average Bonchev–Trinajstić information content (AvgIpc) is 3.03. The van der Waals surface area contributed by atoms with Gasteiger partial charge in [0.05, 0.1) is 17.1 Å². The van der Waals surface area contributed by atoms with Gasteiger partial charge in [-0.05, 0) is 37.1 Å². The van der Waals surface area contributed by atoms with Crippen LogP contribution in [0.4, 0.5) is 0 Å². The van der Waals surface area contributed by atoms with Gasteiger partial charge in [-0.3, -0.25) is 4.79 Å². The molecule has 25 heavy (non-hydrogen) atoms. The lowest BCUT2D eigenvalue weighted by Gasteiger charge is -2.23. The number of aromatic nitrogens is 2. The molecule has 1 heterocycles. The zero-order valence-corrected chi connectivity index (χ0v) is 14.7. The fraction of sp³-hybridized carbons (Fsp3) is 0.300. The first kappa shape index (κ1) is 17.0. The monoisotopic (exact) mass is 337 g/mol. The molecule has 0 aliphatic carbocycles. The molecule has 0 radical (unpaired) electrons. The van der Waals surface area contributed by atoms with Crippen LogP contribution in [0, 0.1) is 5.92 Å². The quantitative estimate of drug-likeness (QED) is 0.718. The number of para-hydroxylation sites is 3. The number of rotatable bonds is 6. The number of fused-ring (bicyclic) bond motifs is 1. The Morgan fingerprint density at radius 3 is 2.40 bits per heavy atom. The highest BCUT2D eigenvalue weighted by molar-refractivity contribution is 5.81. The van der Waals surface area contributed by atoms with E-state index >= 15 is 0 Å². The van der Waals surface area contributed by atoms with Crippen molar-refractivity contribution in [3.8, 4) is 5.75 Å². The van der Waals surface area contributed by atoms with E-state index in [1.54, 1.807) is 6.92 Å². The van der Waals surface area contributed by atoms with Crippen molar-refractivity contribution in [3.63, 3.8) is 0 Å². The van der Waals surface area contributed by atoms with Crippen LogP contribution in [0.15, 0.2) is 54.6 Å². The van der Waals surface area contributed by atoms with Gasteiger partial charge in [-0.15, -0.1) is 0 Å². The van der Waals surface area contributed by atoms with Gasteiger partial charge in [-0.2, -0.15) is 0 Å². The molecule has 5 nitrogen and oxygen atoms in total. The highest BCUT2D eigenvalue weighted by Crippen LogP contribution is 2.22. The fourth-order valence-corrected chi connectivity index (χ4v) is 2.70. The highest BCUT2D eigenvalue weighted by Gasteiger charge is 2.25. The van der Waals surface area contributed by atoms with Crippen LogP contribution in [0.5, 0.6) is 5.75 Å². The van der Waals surface area contributed by atoms with Crippen LogP contribution in [0.2, 0.25) is 0 Å². The number of hydrogen-bond donors (Lipinski definition) is 2. The Balaban J connectivity index is 1.73. The van der Waals surface area contributed by atoms with E-state index in [9.17, 15) is 4.79 Å². The molecule has 3 aromatic rings. The lowest BCUT2D eigenvalue weighted by atomic mass is 10.0. The number of nitrogens with zero attached hydrogens (tertiary/aromatic N) is 1. The maximum Gasteiger partial charge on any atom is 0.261 e. The molecule has 3 rings (SSSR count). The Labute approximate surface area is 147 Å². The van der Waals surface area contributed by atoms with Crippen LogP contribution in [0.25, 0.3) is 11.0 Å². The summed E-state index contributed by atoms with van der Waals surface area (Å²) in [5.41, 5.74) is 1.86. The van der Waals surface area contributed by atoms with Gasteiger partial charge in [-0.25, -0.2) is 4.98 Å². The summed E-state index contributed by atoms with van der Waals surface area (Å²) in [5.74, 6) is 1.46. The van der Waals surface area contributed by atoms with E-state index in [-0.39, 0.29) is 17.9 Å². The van der Waals surface area contributed by atoms with Crippen LogP contribution in [0.3, 0.4) is 0 Å². The van der Waals surface area contributed by atoms with Crippen LogP contribution >= 0.6 is 0 Å². The van der Waals surface area contributed by atoms with E-state index in [0.717, 1.165) is 16.9 Å². The molecule has 0 saturated heterocycles. The Hall–Kier alpha value is -2.82. The van der Waals surface area contributed by atoms with E-state index in [1.807, 2.05) is 54.6 Å². The van der Waals surface area contributed by atoms with E-state index in [1.165, 1.54) is 0 Å². The minimum atomic E-state index is -0.590. The predicted molar refractivity (Wildman–Crippen MR) is 98.3 cm³/mol. The maximum atomic E-state index is 12.6. The maximum absolute atomic E-state index is 12.6. The number of H-pyrrole nitrogens is 1. The molecule has 0 saturated carbocycles. The fourth-order valence-electron chi connectivity index (χ4n) is 2.70. The van der Waals surface area contributed by atoms with Crippen molar-refractivity contribution in [1.82, 2.24) is 15.3 Å². The van der Waals surface area contributed by atoms with Crippen LogP contribution in [0.1, 0.15) is 32.6 Å². The number of nitrogens with one attached hydrogen (secondary N) is 2. The first-order valence-electron chi connectivity index (χ1n) is 8.51. The standard InChI is InChI=1S/C20H23N3O2/c1-13(2)18(19-21-16-11-7-8-12-17(16)22-19)23-20(24)14(3)25-15-9-5-4-6-10-15/h4-14,18H,1-3H3,(H,21,22)(H,23,24)/t14-,18-/m1/s1. The number of benzene rings is 2. The summed E-state index contributed by atoms with van der Waals surface area (Å²) in [6.45, 7) is 5.86. The molecule has 0 fully saturated rings. The average molecular weight is 337 g/mol. The van der Waals surface area contributed by atoms with Gasteiger partial charge in [-0.1, -0.05) is 44.2 Å². The first-order valence-corrected chi connectivity index (χ1v) is 8.51. The van der Waals surface area contributed by atoms with Crippen molar-refractivity contribution in [2.45, 2.75) is 32.9 Å². The van der Waals surface area contributed by atoms with E-state index in [0.29, 0.717) is 5.75 Å². The summed E-state index contributed by atoms with van der Waals surface area (Å²) in [7, 11) is 0. The molecule has 0 bridgehead atoms. The summed E-state index contributed by atoms with van der Waals surface area (Å²) in [6, 6.07) is 17.0. The number of carbonyl (C=O) groups is 1. The Bertz CT molecular complexity index is 809. The molecule has 1 amide bonds. The molecule has 1 aromatic heterocycles. The van der Waals surface area contributed by atoms with Gasteiger partial charge in [0.1, 0.15) is 11.6 Å². The number of hydrogen-bond acceptors (Lipinski definition) is 3. The Morgan fingerprint density at radius 2 is 1.72 bits per heavy atom. The van der Waals surface area contributed by atoms with Crippen molar-refractivity contribution in [3.05, 3.63) is 60.4 Å². The third kappa shape index (κ3) is 3.99. The predicted octanol–water partition coefficient (Wildman–Crippen LogP) is 3.84. The Morgan fingerprint density at radius 1 is 1.04 bits per heavy atom. The molecule has 0 aliphatic rings. The molecular formula is C20H23N3O2. The van der Waals surface area contributed by atoms with Crippen LogP contribution < -0.4 is 10.1 Å². The summed E-state index contributed by atoms with van der Waals surface area (Å²) < 4.78 is 5.71. The molecule has 5 heteroatoms. The Kier molecular flexibility index (Phi) is 5.03. The summed E-state index contributed by atoms with van der Waals surface area (Å²) in [6.07, 6.45) is -0.590. The lowest BCUT2D eigenvalue weighted by Crippen LogP contribution is -2.40. The number of imidazole rings is 1. The summed E-state index contributed by atoms with van der Waals surface area (Å²) >= 11 is 0. The number of aromatic amines is 1. The van der Waals surface area contributed by atoms with Gasteiger partial charge in [0.2, 0.25) is 0 Å². The minimum absolute atomic E-state index is 0.164. The molecule has 130 valence electrons. The number of carbonyl (C=O) groups excluding carboxylic acids is 1. The van der Waals surface area contributed by atoms with Gasteiger partial charge in [0.15, 0.2) is 6.10 Å². The van der Waals surface area contributed by atoms with E-state index < -0.39 is 6.10 Å². The van der Waals surface area contributed by atoms with E-state index in [4.69, 9.17) is 4.74 Å². The molecule has 2 aromatic carbocycles. The van der Waals surface area contributed by atoms with Gasteiger partial charge in [0, 0.05) is 0 Å². The van der Waals surface area contributed by atoms with Crippen molar-refractivity contribution < 1.29 is 9.53 Å².